The zero-order valence-corrected chi connectivity index (χ0v) is 13.1. The van der Waals surface area contributed by atoms with Gasteiger partial charge in [-0.05, 0) is 37.6 Å². The van der Waals surface area contributed by atoms with Crippen LogP contribution in [0.1, 0.15) is 29.7 Å². The number of rotatable bonds is 6. The maximum Gasteiger partial charge on any atom is 0.149 e. The maximum atomic E-state index is 11.6. The van der Waals surface area contributed by atoms with E-state index in [-0.39, 0.29) is 11.8 Å². The Hall–Kier alpha value is -1.07. The standard InChI is InChI=1S/C14H23NO3S/c1-6-15-12(9-19(5,16)17)14-11(3)7-10(2)8-13(14)18-4/h7-8,12,15H,6,9H2,1-5H3. The fourth-order valence-electron chi connectivity index (χ4n) is 2.35. The van der Waals surface area contributed by atoms with Gasteiger partial charge in [0, 0.05) is 11.8 Å². The maximum absolute atomic E-state index is 11.6. The summed E-state index contributed by atoms with van der Waals surface area (Å²) in [6.07, 6.45) is 1.26. The third-order valence-corrected chi connectivity index (χ3v) is 3.92. The second kappa shape index (κ2) is 6.39. The Balaban J connectivity index is 3.29. The monoisotopic (exact) mass is 285 g/mol. The zero-order chi connectivity index (χ0) is 14.6. The van der Waals surface area contributed by atoms with E-state index in [4.69, 9.17) is 4.74 Å². The molecular weight excluding hydrogens is 262 g/mol. The molecule has 5 heteroatoms. The van der Waals surface area contributed by atoms with Gasteiger partial charge in [-0.25, -0.2) is 8.42 Å². The second-order valence-corrected chi connectivity index (χ2v) is 7.09. The normalized spacial score (nSPS) is 13.3. The van der Waals surface area contributed by atoms with Crippen LogP contribution in [0.2, 0.25) is 0 Å². The molecule has 0 aliphatic carbocycles. The van der Waals surface area contributed by atoms with Gasteiger partial charge in [-0.15, -0.1) is 0 Å². The summed E-state index contributed by atoms with van der Waals surface area (Å²) >= 11 is 0. The molecule has 1 atom stereocenters. The third-order valence-electron chi connectivity index (χ3n) is 2.98. The number of benzene rings is 1. The highest BCUT2D eigenvalue weighted by molar-refractivity contribution is 7.90. The topological polar surface area (TPSA) is 55.4 Å². The summed E-state index contributed by atoms with van der Waals surface area (Å²) in [6.45, 7) is 6.65. The summed E-state index contributed by atoms with van der Waals surface area (Å²) in [5, 5.41) is 3.23. The van der Waals surface area contributed by atoms with E-state index in [1.54, 1.807) is 7.11 Å². The molecule has 0 aliphatic heterocycles. The average molecular weight is 285 g/mol. The summed E-state index contributed by atoms with van der Waals surface area (Å²) in [5.41, 5.74) is 3.08. The van der Waals surface area contributed by atoms with Crippen LogP contribution in [0.4, 0.5) is 0 Å². The Morgan fingerprint density at radius 3 is 2.42 bits per heavy atom. The molecule has 4 nitrogen and oxygen atoms in total. The number of aryl methyl sites for hydroxylation is 2. The second-order valence-electron chi connectivity index (χ2n) is 4.90. The van der Waals surface area contributed by atoms with E-state index in [1.165, 1.54) is 6.26 Å². The first-order chi connectivity index (χ1) is 8.78. The number of methoxy groups -OCH3 is 1. The van der Waals surface area contributed by atoms with Crippen LogP contribution in [0.3, 0.4) is 0 Å². The molecule has 108 valence electrons. The van der Waals surface area contributed by atoms with E-state index in [2.05, 4.69) is 5.32 Å². The first-order valence-electron chi connectivity index (χ1n) is 6.34. The SMILES string of the molecule is CCNC(CS(C)(=O)=O)c1c(C)cc(C)cc1OC. The van der Waals surface area contributed by atoms with E-state index >= 15 is 0 Å². The Kier molecular flexibility index (Phi) is 5.38. The molecule has 0 bridgehead atoms. The van der Waals surface area contributed by atoms with Crippen LogP contribution in [-0.4, -0.2) is 34.1 Å². The lowest BCUT2D eigenvalue weighted by Gasteiger charge is -2.22. The minimum Gasteiger partial charge on any atom is -0.496 e. The molecule has 0 radical (unpaired) electrons. The minimum absolute atomic E-state index is 0.0705. The van der Waals surface area contributed by atoms with E-state index in [9.17, 15) is 8.42 Å². The molecule has 1 N–H and O–H groups in total. The number of nitrogens with one attached hydrogen (secondary N) is 1. The highest BCUT2D eigenvalue weighted by Gasteiger charge is 2.22. The van der Waals surface area contributed by atoms with Gasteiger partial charge < -0.3 is 10.1 Å². The minimum atomic E-state index is -3.06. The molecule has 0 spiro atoms. The van der Waals surface area contributed by atoms with Gasteiger partial charge in [-0.3, -0.25) is 0 Å². The van der Waals surface area contributed by atoms with Crippen molar-refractivity contribution in [3.63, 3.8) is 0 Å². The van der Waals surface area contributed by atoms with E-state index in [0.717, 1.165) is 22.4 Å². The predicted molar refractivity (Wildman–Crippen MR) is 78.6 cm³/mol. The fraction of sp³-hybridized carbons (Fsp3) is 0.571. The van der Waals surface area contributed by atoms with Crippen molar-refractivity contribution in [1.82, 2.24) is 5.32 Å². The molecule has 1 aromatic rings. The van der Waals surface area contributed by atoms with Gasteiger partial charge in [0.25, 0.3) is 0 Å². The van der Waals surface area contributed by atoms with Gasteiger partial charge in [-0.2, -0.15) is 0 Å². The summed E-state index contributed by atoms with van der Waals surface area (Å²) in [7, 11) is -1.45. The van der Waals surface area contributed by atoms with Crippen LogP contribution in [0, 0.1) is 13.8 Å². The van der Waals surface area contributed by atoms with Crippen molar-refractivity contribution in [2.24, 2.45) is 0 Å². The molecule has 1 rings (SSSR count). The molecule has 1 unspecified atom stereocenters. The number of hydrogen-bond donors (Lipinski definition) is 1. The quantitative estimate of drug-likeness (QED) is 0.868. The van der Waals surface area contributed by atoms with Gasteiger partial charge >= 0.3 is 0 Å². The molecule has 0 aliphatic rings. The lowest BCUT2D eigenvalue weighted by Crippen LogP contribution is -2.28. The molecule has 0 aromatic heterocycles. The first-order valence-corrected chi connectivity index (χ1v) is 8.40. The molecular formula is C14H23NO3S. The van der Waals surface area contributed by atoms with Crippen molar-refractivity contribution >= 4 is 9.84 Å². The van der Waals surface area contributed by atoms with Gasteiger partial charge in [0.05, 0.1) is 18.9 Å². The lowest BCUT2D eigenvalue weighted by molar-refractivity contribution is 0.401. The van der Waals surface area contributed by atoms with Crippen LogP contribution in [0.25, 0.3) is 0 Å². The highest BCUT2D eigenvalue weighted by Crippen LogP contribution is 2.30. The summed E-state index contributed by atoms with van der Waals surface area (Å²) in [5.74, 6) is 0.813. The Morgan fingerprint density at radius 2 is 1.95 bits per heavy atom. The fourth-order valence-corrected chi connectivity index (χ4v) is 3.24. The van der Waals surface area contributed by atoms with Crippen LogP contribution in [0.5, 0.6) is 5.75 Å². The summed E-state index contributed by atoms with van der Waals surface area (Å²) in [4.78, 5) is 0. The van der Waals surface area contributed by atoms with Crippen LogP contribution in [-0.2, 0) is 9.84 Å². The van der Waals surface area contributed by atoms with Crippen LogP contribution in [0.15, 0.2) is 12.1 Å². The Labute approximate surface area is 116 Å². The van der Waals surface area contributed by atoms with Crippen molar-refractivity contribution < 1.29 is 13.2 Å². The first kappa shape index (κ1) is 16.0. The van der Waals surface area contributed by atoms with Crippen molar-refractivity contribution in [3.8, 4) is 5.75 Å². The van der Waals surface area contributed by atoms with Crippen LogP contribution < -0.4 is 10.1 Å². The predicted octanol–water partition coefficient (Wildman–Crippen LogP) is 2.01. The van der Waals surface area contributed by atoms with Gasteiger partial charge in [0.2, 0.25) is 0 Å². The van der Waals surface area contributed by atoms with Gasteiger partial charge in [-0.1, -0.05) is 13.0 Å². The zero-order valence-electron chi connectivity index (χ0n) is 12.3. The molecule has 1 aromatic carbocycles. The van der Waals surface area contributed by atoms with Crippen LogP contribution >= 0.6 is 0 Å². The molecule has 0 amide bonds. The van der Waals surface area contributed by atoms with Crippen molar-refractivity contribution in [3.05, 3.63) is 28.8 Å². The molecule has 0 saturated heterocycles. The molecule has 0 saturated carbocycles. The number of ether oxygens (including phenoxy) is 1. The largest absolute Gasteiger partial charge is 0.496 e. The lowest BCUT2D eigenvalue weighted by atomic mass is 9.98. The van der Waals surface area contributed by atoms with Gasteiger partial charge in [0.15, 0.2) is 0 Å². The van der Waals surface area contributed by atoms with Crippen molar-refractivity contribution in [2.75, 3.05) is 25.7 Å². The molecule has 0 fully saturated rings. The number of hydrogen-bond acceptors (Lipinski definition) is 4. The Morgan fingerprint density at radius 1 is 1.32 bits per heavy atom. The number of sulfone groups is 1. The average Bonchev–Trinajstić information content (AvgIpc) is 2.25. The smallest absolute Gasteiger partial charge is 0.149 e. The van der Waals surface area contributed by atoms with Crippen molar-refractivity contribution in [2.45, 2.75) is 26.8 Å². The summed E-state index contributed by atoms with van der Waals surface area (Å²) < 4.78 is 28.6. The van der Waals surface area contributed by atoms with E-state index in [1.807, 2.05) is 32.9 Å². The van der Waals surface area contributed by atoms with Gasteiger partial charge in [0.1, 0.15) is 15.6 Å². The highest BCUT2D eigenvalue weighted by atomic mass is 32.2. The van der Waals surface area contributed by atoms with E-state index in [0.29, 0.717) is 6.54 Å². The van der Waals surface area contributed by atoms with Crippen molar-refractivity contribution in [1.29, 1.82) is 0 Å². The summed E-state index contributed by atoms with van der Waals surface area (Å²) in [6, 6.07) is 3.75. The molecule has 19 heavy (non-hydrogen) atoms. The third kappa shape index (κ3) is 4.51. The molecule has 0 heterocycles. The Bertz CT molecular complexity index is 538. The van der Waals surface area contributed by atoms with E-state index < -0.39 is 9.84 Å².